The number of aromatic amines is 1. The molecule has 1 amide bonds. The van der Waals surface area contributed by atoms with E-state index < -0.39 is 0 Å². The van der Waals surface area contributed by atoms with Gasteiger partial charge in [-0.15, -0.1) is 0 Å². The van der Waals surface area contributed by atoms with Crippen LogP contribution in [0.15, 0.2) is 16.7 Å². The number of amides is 1. The maximum atomic E-state index is 12.4. The van der Waals surface area contributed by atoms with Gasteiger partial charge in [-0.05, 0) is 31.7 Å². The first-order valence-corrected chi connectivity index (χ1v) is 7.26. The lowest BCUT2D eigenvalue weighted by molar-refractivity contribution is 0.0917. The molecule has 0 radical (unpaired) electrons. The van der Waals surface area contributed by atoms with Crippen LogP contribution in [0.2, 0.25) is 0 Å². The van der Waals surface area contributed by atoms with Gasteiger partial charge in [-0.2, -0.15) is 5.10 Å². The third-order valence-corrected chi connectivity index (χ3v) is 4.12. The molecular weight excluding hydrogens is 266 g/mol. The number of aryl methyl sites for hydroxylation is 2. The molecule has 3 rings (SSSR count). The lowest BCUT2D eigenvalue weighted by Gasteiger charge is -2.34. The summed E-state index contributed by atoms with van der Waals surface area (Å²) in [4.78, 5) is 12.4. The average molecular weight is 287 g/mol. The molecule has 1 unspecified atom stereocenters. The smallest absolute Gasteiger partial charge is 0.255 e. The van der Waals surface area contributed by atoms with Crippen molar-refractivity contribution in [1.82, 2.24) is 15.5 Å². The van der Waals surface area contributed by atoms with Crippen LogP contribution in [0.1, 0.15) is 59.4 Å². The summed E-state index contributed by atoms with van der Waals surface area (Å²) in [6.45, 7) is 8.21. The number of fused-ring (bicyclic) bond motifs is 1. The summed E-state index contributed by atoms with van der Waals surface area (Å²) in [7, 11) is 0. The Morgan fingerprint density at radius 1 is 1.48 bits per heavy atom. The Kier molecular flexibility index (Phi) is 3.15. The second-order valence-electron chi connectivity index (χ2n) is 6.72. The standard InChI is InChI=1S/C16H21N3O2/c1-9-5-11-13(6-16(3,4)7-14(11)21-9)18-15(20)12-8-17-19-10(12)2/h5,8,13H,6-7H2,1-4H3,(H,17,19)(H,18,20). The molecule has 0 aliphatic heterocycles. The van der Waals surface area contributed by atoms with Crippen molar-refractivity contribution in [1.29, 1.82) is 0 Å². The van der Waals surface area contributed by atoms with Crippen LogP contribution in [0, 0.1) is 19.3 Å². The van der Waals surface area contributed by atoms with Gasteiger partial charge in [0.15, 0.2) is 0 Å². The van der Waals surface area contributed by atoms with E-state index in [1.807, 2.05) is 19.9 Å². The molecule has 0 aromatic carbocycles. The van der Waals surface area contributed by atoms with Crippen molar-refractivity contribution in [3.63, 3.8) is 0 Å². The molecule has 2 heterocycles. The summed E-state index contributed by atoms with van der Waals surface area (Å²) in [6.07, 6.45) is 3.38. The van der Waals surface area contributed by atoms with Gasteiger partial charge in [0.1, 0.15) is 11.5 Å². The third-order valence-electron chi connectivity index (χ3n) is 4.12. The molecule has 2 aromatic heterocycles. The Labute approximate surface area is 124 Å². The molecule has 21 heavy (non-hydrogen) atoms. The highest BCUT2D eigenvalue weighted by atomic mass is 16.3. The van der Waals surface area contributed by atoms with E-state index in [2.05, 4.69) is 29.4 Å². The highest BCUT2D eigenvalue weighted by Crippen LogP contribution is 2.42. The summed E-state index contributed by atoms with van der Waals surface area (Å²) in [5.41, 5.74) is 2.60. The molecular formula is C16H21N3O2. The van der Waals surface area contributed by atoms with E-state index in [-0.39, 0.29) is 17.4 Å². The van der Waals surface area contributed by atoms with E-state index in [9.17, 15) is 4.79 Å². The molecule has 1 atom stereocenters. The topological polar surface area (TPSA) is 70.9 Å². The predicted molar refractivity (Wildman–Crippen MR) is 79.1 cm³/mol. The van der Waals surface area contributed by atoms with Gasteiger partial charge in [-0.25, -0.2) is 0 Å². The Morgan fingerprint density at radius 3 is 2.90 bits per heavy atom. The van der Waals surface area contributed by atoms with Gasteiger partial charge in [-0.1, -0.05) is 13.8 Å². The van der Waals surface area contributed by atoms with E-state index in [0.717, 1.165) is 35.6 Å². The highest BCUT2D eigenvalue weighted by Gasteiger charge is 2.35. The minimum absolute atomic E-state index is 0.0111. The largest absolute Gasteiger partial charge is 0.466 e. The van der Waals surface area contributed by atoms with Crippen molar-refractivity contribution >= 4 is 5.91 Å². The number of aromatic nitrogens is 2. The average Bonchev–Trinajstić information content (AvgIpc) is 2.93. The monoisotopic (exact) mass is 287 g/mol. The minimum atomic E-state index is -0.0891. The Bertz CT molecular complexity index is 682. The van der Waals surface area contributed by atoms with Gasteiger partial charge in [-0.3, -0.25) is 9.89 Å². The van der Waals surface area contributed by atoms with Crippen molar-refractivity contribution in [2.75, 3.05) is 0 Å². The number of nitrogens with zero attached hydrogens (tertiary/aromatic N) is 1. The van der Waals surface area contributed by atoms with Crippen LogP contribution in [-0.4, -0.2) is 16.1 Å². The van der Waals surface area contributed by atoms with Crippen LogP contribution in [0.25, 0.3) is 0 Å². The molecule has 0 bridgehead atoms. The molecule has 0 saturated carbocycles. The first-order chi connectivity index (χ1) is 9.85. The lowest BCUT2D eigenvalue weighted by Crippen LogP contribution is -2.36. The van der Waals surface area contributed by atoms with Crippen LogP contribution >= 0.6 is 0 Å². The lowest BCUT2D eigenvalue weighted by atomic mass is 9.74. The summed E-state index contributed by atoms with van der Waals surface area (Å²) in [6, 6.07) is 2.03. The normalized spacial score (nSPS) is 20.1. The Morgan fingerprint density at radius 2 is 2.24 bits per heavy atom. The molecule has 0 saturated heterocycles. The number of furan rings is 1. The molecule has 0 spiro atoms. The van der Waals surface area contributed by atoms with Gasteiger partial charge < -0.3 is 9.73 Å². The number of hydrogen-bond acceptors (Lipinski definition) is 3. The zero-order valence-electron chi connectivity index (χ0n) is 12.9. The molecule has 5 heteroatoms. The third kappa shape index (κ3) is 2.60. The first kappa shape index (κ1) is 13.9. The fraction of sp³-hybridized carbons (Fsp3) is 0.500. The molecule has 1 aliphatic rings. The summed E-state index contributed by atoms with van der Waals surface area (Å²) >= 11 is 0. The molecule has 0 fully saturated rings. The van der Waals surface area contributed by atoms with Crippen molar-refractivity contribution < 1.29 is 9.21 Å². The zero-order chi connectivity index (χ0) is 15.2. The fourth-order valence-electron chi connectivity index (χ4n) is 3.13. The zero-order valence-corrected chi connectivity index (χ0v) is 12.9. The van der Waals surface area contributed by atoms with E-state index in [0.29, 0.717) is 5.56 Å². The van der Waals surface area contributed by atoms with Crippen molar-refractivity contribution in [2.45, 2.75) is 46.6 Å². The van der Waals surface area contributed by atoms with Gasteiger partial charge in [0.2, 0.25) is 0 Å². The summed E-state index contributed by atoms with van der Waals surface area (Å²) < 4.78 is 5.80. The van der Waals surface area contributed by atoms with Crippen molar-refractivity contribution in [3.8, 4) is 0 Å². The maximum Gasteiger partial charge on any atom is 0.255 e. The highest BCUT2D eigenvalue weighted by molar-refractivity contribution is 5.95. The van der Waals surface area contributed by atoms with Gasteiger partial charge in [0, 0.05) is 17.7 Å². The number of rotatable bonds is 2. The second kappa shape index (κ2) is 4.76. The Hall–Kier alpha value is -2.04. The summed E-state index contributed by atoms with van der Waals surface area (Å²) in [5, 5.41) is 9.83. The molecule has 2 N–H and O–H groups in total. The second-order valence-corrected chi connectivity index (χ2v) is 6.72. The Balaban J connectivity index is 1.88. The number of hydrogen-bond donors (Lipinski definition) is 2. The first-order valence-electron chi connectivity index (χ1n) is 7.26. The van der Waals surface area contributed by atoms with Crippen LogP contribution < -0.4 is 5.32 Å². The van der Waals surface area contributed by atoms with E-state index >= 15 is 0 Å². The van der Waals surface area contributed by atoms with E-state index in [4.69, 9.17) is 4.42 Å². The SMILES string of the molecule is Cc1cc2c(o1)CC(C)(C)CC2NC(=O)c1cn[nH]c1C. The van der Waals surface area contributed by atoms with Gasteiger partial charge in [0.05, 0.1) is 17.8 Å². The number of H-pyrrole nitrogens is 1. The van der Waals surface area contributed by atoms with Gasteiger partial charge in [0.25, 0.3) is 5.91 Å². The summed E-state index contributed by atoms with van der Waals surface area (Å²) in [5.74, 6) is 1.81. The van der Waals surface area contributed by atoms with Crippen LogP contribution in [0.3, 0.4) is 0 Å². The number of carbonyl (C=O) groups is 1. The van der Waals surface area contributed by atoms with Crippen molar-refractivity contribution in [2.24, 2.45) is 5.41 Å². The van der Waals surface area contributed by atoms with Gasteiger partial charge >= 0.3 is 0 Å². The predicted octanol–water partition coefficient (Wildman–Crippen LogP) is 3.06. The van der Waals surface area contributed by atoms with E-state index in [1.54, 1.807) is 6.20 Å². The van der Waals surface area contributed by atoms with Crippen molar-refractivity contribution in [3.05, 3.63) is 40.6 Å². The molecule has 112 valence electrons. The molecule has 1 aliphatic carbocycles. The van der Waals surface area contributed by atoms with Crippen LogP contribution in [-0.2, 0) is 6.42 Å². The molecule has 2 aromatic rings. The maximum absolute atomic E-state index is 12.4. The minimum Gasteiger partial charge on any atom is -0.466 e. The quantitative estimate of drug-likeness (QED) is 0.891. The van der Waals surface area contributed by atoms with Crippen LogP contribution in [0.5, 0.6) is 0 Å². The fourth-order valence-corrected chi connectivity index (χ4v) is 3.13. The number of nitrogens with one attached hydrogen (secondary N) is 2. The number of carbonyl (C=O) groups excluding carboxylic acids is 1. The molecule has 5 nitrogen and oxygen atoms in total. The van der Waals surface area contributed by atoms with E-state index in [1.165, 1.54) is 0 Å². The van der Waals surface area contributed by atoms with Crippen LogP contribution in [0.4, 0.5) is 0 Å².